The summed E-state index contributed by atoms with van der Waals surface area (Å²) in [5.41, 5.74) is 1.23. The number of rotatable bonds is 6. The third-order valence-electron chi connectivity index (χ3n) is 3.55. The van der Waals surface area contributed by atoms with E-state index in [2.05, 4.69) is 5.32 Å². The zero-order valence-corrected chi connectivity index (χ0v) is 11.0. The lowest BCUT2D eigenvalue weighted by atomic mass is 9.97. The predicted octanol–water partition coefficient (Wildman–Crippen LogP) is 2.50. The van der Waals surface area contributed by atoms with Gasteiger partial charge < -0.3 is 10.1 Å². The van der Waals surface area contributed by atoms with Crippen molar-refractivity contribution >= 4 is 5.69 Å². The van der Waals surface area contributed by atoms with Gasteiger partial charge in [0.1, 0.15) is 0 Å². The van der Waals surface area contributed by atoms with Crippen LogP contribution in [0.5, 0.6) is 0 Å². The van der Waals surface area contributed by atoms with Crippen molar-refractivity contribution in [2.75, 3.05) is 19.8 Å². The maximum Gasteiger partial charge on any atom is 0.269 e. The van der Waals surface area contributed by atoms with E-state index in [1.165, 1.54) is 19.3 Å². The molecule has 1 heterocycles. The second-order valence-electron chi connectivity index (χ2n) is 4.94. The maximum atomic E-state index is 10.5. The lowest BCUT2D eigenvalue weighted by Gasteiger charge is -2.21. The highest BCUT2D eigenvalue weighted by Gasteiger charge is 2.12. The summed E-state index contributed by atoms with van der Waals surface area (Å²) in [6.07, 6.45) is 3.51. The second kappa shape index (κ2) is 7.21. The number of ether oxygens (including phenoxy) is 1. The summed E-state index contributed by atoms with van der Waals surface area (Å²) >= 11 is 0. The van der Waals surface area contributed by atoms with Gasteiger partial charge >= 0.3 is 0 Å². The molecule has 0 atom stereocenters. The van der Waals surface area contributed by atoms with E-state index in [1.54, 1.807) is 24.3 Å². The second-order valence-corrected chi connectivity index (χ2v) is 4.94. The number of nitrogens with zero attached hydrogens (tertiary/aromatic N) is 1. The lowest BCUT2D eigenvalue weighted by Crippen LogP contribution is -2.22. The van der Waals surface area contributed by atoms with Crippen molar-refractivity contribution in [1.82, 2.24) is 5.32 Å². The zero-order valence-electron chi connectivity index (χ0n) is 11.0. The quantitative estimate of drug-likeness (QED) is 0.487. The van der Waals surface area contributed by atoms with Crippen molar-refractivity contribution in [3.05, 3.63) is 39.9 Å². The van der Waals surface area contributed by atoms with E-state index in [0.717, 1.165) is 37.8 Å². The minimum atomic E-state index is -0.373. The van der Waals surface area contributed by atoms with Gasteiger partial charge in [-0.2, -0.15) is 0 Å². The van der Waals surface area contributed by atoms with Gasteiger partial charge in [-0.15, -0.1) is 0 Å². The van der Waals surface area contributed by atoms with E-state index >= 15 is 0 Å². The number of nitro benzene ring substituents is 1. The van der Waals surface area contributed by atoms with Gasteiger partial charge in [0.05, 0.1) is 4.92 Å². The fraction of sp³-hybridized carbons (Fsp3) is 0.571. The molecule has 1 fully saturated rings. The third-order valence-corrected chi connectivity index (χ3v) is 3.55. The molecule has 0 aromatic heterocycles. The Balaban J connectivity index is 1.66. The Morgan fingerprint density at radius 3 is 2.58 bits per heavy atom. The lowest BCUT2D eigenvalue weighted by molar-refractivity contribution is -0.384. The van der Waals surface area contributed by atoms with Crippen LogP contribution in [0.1, 0.15) is 24.8 Å². The summed E-state index contributed by atoms with van der Waals surface area (Å²) < 4.78 is 5.33. The van der Waals surface area contributed by atoms with Gasteiger partial charge in [-0.1, -0.05) is 12.1 Å². The van der Waals surface area contributed by atoms with Crippen LogP contribution < -0.4 is 5.32 Å². The van der Waals surface area contributed by atoms with Crippen molar-refractivity contribution in [3.63, 3.8) is 0 Å². The van der Waals surface area contributed by atoms with Gasteiger partial charge in [-0.05, 0) is 37.3 Å². The Labute approximate surface area is 113 Å². The first kappa shape index (κ1) is 14.0. The third kappa shape index (κ3) is 4.61. The average molecular weight is 264 g/mol. The molecule has 5 nitrogen and oxygen atoms in total. The first-order valence-electron chi connectivity index (χ1n) is 6.77. The molecule has 0 aliphatic carbocycles. The van der Waals surface area contributed by atoms with Crippen LogP contribution in [0.4, 0.5) is 5.69 Å². The Bertz CT molecular complexity index is 400. The van der Waals surface area contributed by atoms with E-state index in [-0.39, 0.29) is 10.6 Å². The molecule has 104 valence electrons. The van der Waals surface area contributed by atoms with Crippen LogP contribution in [0.3, 0.4) is 0 Å². The molecule has 1 saturated heterocycles. The molecule has 1 aromatic rings. The average Bonchev–Trinajstić information content (AvgIpc) is 2.45. The number of nitro groups is 1. The molecule has 19 heavy (non-hydrogen) atoms. The highest BCUT2D eigenvalue weighted by Crippen LogP contribution is 2.17. The van der Waals surface area contributed by atoms with Gasteiger partial charge in [0.15, 0.2) is 0 Å². The minimum Gasteiger partial charge on any atom is -0.381 e. The van der Waals surface area contributed by atoms with Crippen molar-refractivity contribution in [2.24, 2.45) is 5.92 Å². The van der Waals surface area contributed by atoms with E-state index in [1.807, 2.05) is 0 Å². The van der Waals surface area contributed by atoms with Crippen molar-refractivity contribution < 1.29 is 9.66 Å². The van der Waals surface area contributed by atoms with E-state index in [4.69, 9.17) is 4.74 Å². The molecule has 1 aliphatic rings. The summed E-state index contributed by atoms with van der Waals surface area (Å²) in [4.78, 5) is 10.2. The SMILES string of the molecule is O=[N+]([O-])c1ccc(CNCCC2CCOCC2)cc1. The summed E-state index contributed by atoms with van der Waals surface area (Å²) in [6, 6.07) is 6.71. The highest BCUT2D eigenvalue weighted by atomic mass is 16.6. The van der Waals surface area contributed by atoms with Crippen LogP contribution in [0, 0.1) is 16.0 Å². The summed E-state index contributed by atoms with van der Waals surface area (Å²) in [6.45, 7) is 3.54. The van der Waals surface area contributed by atoms with Crippen molar-refractivity contribution in [1.29, 1.82) is 0 Å². The fourth-order valence-electron chi connectivity index (χ4n) is 2.31. The van der Waals surface area contributed by atoms with Crippen LogP contribution in [0.25, 0.3) is 0 Å². The largest absolute Gasteiger partial charge is 0.381 e. The van der Waals surface area contributed by atoms with Crippen LogP contribution in [-0.4, -0.2) is 24.7 Å². The highest BCUT2D eigenvalue weighted by molar-refractivity contribution is 5.32. The van der Waals surface area contributed by atoms with Gasteiger partial charge in [0, 0.05) is 31.9 Å². The van der Waals surface area contributed by atoms with Gasteiger partial charge in [0.2, 0.25) is 0 Å². The molecule has 2 rings (SSSR count). The topological polar surface area (TPSA) is 64.4 Å². The molecule has 5 heteroatoms. The van der Waals surface area contributed by atoms with Gasteiger partial charge in [-0.25, -0.2) is 0 Å². The minimum absolute atomic E-state index is 0.144. The predicted molar refractivity (Wildman–Crippen MR) is 73.0 cm³/mol. The van der Waals surface area contributed by atoms with Crippen LogP contribution in [-0.2, 0) is 11.3 Å². The number of hydrogen-bond donors (Lipinski definition) is 1. The Kier molecular flexibility index (Phi) is 5.30. The fourth-order valence-corrected chi connectivity index (χ4v) is 2.31. The molecule has 1 N–H and O–H groups in total. The molecular weight excluding hydrogens is 244 g/mol. The molecular formula is C14H20N2O3. The van der Waals surface area contributed by atoms with Gasteiger partial charge in [-0.3, -0.25) is 10.1 Å². The van der Waals surface area contributed by atoms with Crippen LogP contribution >= 0.6 is 0 Å². The number of benzene rings is 1. The van der Waals surface area contributed by atoms with Gasteiger partial charge in [0.25, 0.3) is 5.69 Å². The van der Waals surface area contributed by atoms with E-state index < -0.39 is 0 Å². The van der Waals surface area contributed by atoms with E-state index in [0.29, 0.717) is 0 Å². The van der Waals surface area contributed by atoms with Crippen LogP contribution in [0.2, 0.25) is 0 Å². The zero-order chi connectivity index (χ0) is 13.5. The van der Waals surface area contributed by atoms with Crippen LogP contribution in [0.15, 0.2) is 24.3 Å². The molecule has 1 aliphatic heterocycles. The molecule has 0 saturated carbocycles. The Morgan fingerprint density at radius 1 is 1.26 bits per heavy atom. The summed E-state index contributed by atoms with van der Waals surface area (Å²) in [5, 5.41) is 13.9. The van der Waals surface area contributed by atoms with Crippen molar-refractivity contribution in [3.8, 4) is 0 Å². The maximum absolute atomic E-state index is 10.5. The first-order valence-corrected chi connectivity index (χ1v) is 6.77. The van der Waals surface area contributed by atoms with E-state index in [9.17, 15) is 10.1 Å². The Morgan fingerprint density at radius 2 is 1.95 bits per heavy atom. The molecule has 0 radical (unpaired) electrons. The standard InChI is InChI=1S/C14H20N2O3/c17-16(18)14-3-1-13(2-4-14)11-15-8-5-12-6-9-19-10-7-12/h1-4,12,15H,5-11H2. The molecule has 0 unspecified atom stereocenters. The monoisotopic (exact) mass is 264 g/mol. The number of nitrogens with one attached hydrogen (secondary N) is 1. The molecule has 1 aromatic carbocycles. The molecule has 0 amide bonds. The molecule has 0 spiro atoms. The summed E-state index contributed by atoms with van der Waals surface area (Å²) in [5.74, 6) is 0.776. The first-order chi connectivity index (χ1) is 9.25. The normalized spacial score (nSPS) is 16.4. The summed E-state index contributed by atoms with van der Waals surface area (Å²) in [7, 11) is 0. The van der Waals surface area contributed by atoms with Crippen molar-refractivity contribution in [2.45, 2.75) is 25.8 Å². The smallest absolute Gasteiger partial charge is 0.269 e. The Hall–Kier alpha value is -1.46. The number of hydrogen-bond acceptors (Lipinski definition) is 4. The molecule has 0 bridgehead atoms. The number of non-ortho nitro benzene ring substituents is 1.